The summed E-state index contributed by atoms with van der Waals surface area (Å²) < 4.78 is 0. The van der Waals surface area contributed by atoms with Crippen molar-refractivity contribution in [2.45, 2.75) is 0 Å². The third-order valence-corrected chi connectivity index (χ3v) is 1.08. The molecular weight excluding hydrogens is 301 g/mol. The summed E-state index contributed by atoms with van der Waals surface area (Å²) in [7, 11) is 0. The zero-order valence-electron chi connectivity index (χ0n) is 7.13. The van der Waals surface area contributed by atoms with Crippen LogP contribution in [0.2, 0.25) is 0 Å². The fraction of sp³-hybridized carbons (Fsp3) is 0.500. The molecule has 0 amide bonds. The maximum atomic E-state index is 10.1. The standard InChI is InChI=1S/C6H9NO6.Sn/c8-4(9)1-7(2-5(10)11)3-6(12)13;/h1-3H2,(H,8,9)(H,10,11)(H,12,13);. The number of hydrogen-bond acceptors (Lipinski definition) is 4. The molecule has 0 heterocycles. The third kappa shape index (κ3) is 9.26. The fourth-order valence-electron chi connectivity index (χ4n) is 0.742. The maximum absolute atomic E-state index is 10.1. The van der Waals surface area contributed by atoms with E-state index in [4.69, 9.17) is 15.3 Å². The maximum Gasteiger partial charge on any atom is 0.317 e. The molecule has 0 aliphatic carbocycles. The van der Waals surface area contributed by atoms with Crippen molar-refractivity contribution in [3.05, 3.63) is 0 Å². The van der Waals surface area contributed by atoms with Gasteiger partial charge in [0.1, 0.15) is 0 Å². The summed E-state index contributed by atoms with van der Waals surface area (Å²) in [6, 6.07) is 0. The van der Waals surface area contributed by atoms with Crippen LogP contribution in [0.15, 0.2) is 0 Å². The average Bonchev–Trinajstić information content (AvgIpc) is 1.80. The molecule has 0 fully saturated rings. The van der Waals surface area contributed by atoms with Gasteiger partial charge in [-0.1, -0.05) is 0 Å². The van der Waals surface area contributed by atoms with Gasteiger partial charge in [0.05, 0.1) is 19.6 Å². The van der Waals surface area contributed by atoms with Crippen LogP contribution in [0.25, 0.3) is 0 Å². The molecule has 7 nitrogen and oxygen atoms in total. The summed E-state index contributed by atoms with van der Waals surface area (Å²) in [5.74, 6) is -3.78. The fourth-order valence-corrected chi connectivity index (χ4v) is 0.742. The first-order chi connectivity index (χ1) is 5.91. The van der Waals surface area contributed by atoms with E-state index in [1.807, 2.05) is 0 Å². The number of aliphatic carboxylic acids is 3. The van der Waals surface area contributed by atoms with Gasteiger partial charge in [0.15, 0.2) is 0 Å². The molecule has 0 aromatic heterocycles. The van der Waals surface area contributed by atoms with Gasteiger partial charge in [-0.25, -0.2) is 0 Å². The normalized spacial score (nSPS) is 9.21. The van der Waals surface area contributed by atoms with E-state index >= 15 is 0 Å². The van der Waals surface area contributed by atoms with Crippen LogP contribution in [0, 0.1) is 0 Å². The van der Waals surface area contributed by atoms with Crippen molar-refractivity contribution in [1.82, 2.24) is 4.90 Å². The molecule has 0 bridgehead atoms. The van der Waals surface area contributed by atoms with Crippen LogP contribution < -0.4 is 0 Å². The second kappa shape index (κ2) is 7.56. The molecule has 0 aliphatic heterocycles. The summed E-state index contributed by atoms with van der Waals surface area (Å²) in [6.45, 7) is -1.80. The molecule has 0 atom stereocenters. The van der Waals surface area contributed by atoms with E-state index in [-0.39, 0.29) is 23.9 Å². The molecule has 8 heteroatoms. The first kappa shape index (κ1) is 15.6. The van der Waals surface area contributed by atoms with Gasteiger partial charge in [0, 0.05) is 23.9 Å². The Morgan fingerprint density at radius 1 is 0.786 bits per heavy atom. The summed E-state index contributed by atoms with van der Waals surface area (Å²) in [4.78, 5) is 31.2. The van der Waals surface area contributed by atoms with Crippen LogP contribution in [0.3, 0.4) is 0 Å². The van der Waals surface area contributed by atoms with Crippen molar-refractivity contribution in [2.75, 3.05) is 19.6 Å². The molecule has 0 saturated carbocycles. The van der Waals surface area contributed by atoms with Crippen LogP contribution in [-0.4, -0.2) is 81.7 Å². The number of carboxylic acids is 3. The topological polar surface area (TPSA) is 115 Å². The predicted octanol–water partition coefficient (Wildman–Crippen LogP) is -1.84. The van der Waals surface area contributed by atoms with Crippen LogP contribution in [0.5, 0.6) is 0 Å². The monoisotopic (exact) mass is 311 g/mol. The zero-order chi connectivity index (χ0) is 10.4. The van der Waals surface area contributed by atoms with Gasteiger partial charge in [-0.3, -0.25) is 19.3 Å². The second-order valence-corrected chi connectivity index (χ2v) is 2.33. The van der Waals surface area contributed by atoms with Crippen LogP contribution in [0.4, 0.5) is 0 Å². The van der Waals surface area contributed by atoms with E-state index < -0.39 is 37.5 Å². The Morgan fingerprint density at radius 3 is 1.14 bits per heavy atom. The van der Waals surface area contributed by atoms with Crippen LogP contribution >= 0.6 is 0 Å². The summed E-state index contributed by atoms with van der Waals surface area (Å²) >= 11 is 0. The van der Waals surface area contributed by atoms with Gasteiger partial charge >= 0.3 is 17.9 Å². The van der Waals surface area contributed by atoms with Gasteiger partial charge in [-0.05, 0) is 0 Å². The summed E-state index contributed by atoms with van der Waals surface area (Å²) in [6.07, 6.45) is 0. The largest absolute Gasteiger partial charge is 0.480 e. The Labute approximate surface area is 96.3 Å². The smallest absolute Gasteiger partial charge is 0.317 e. The van der Waals surface area contributed by atoms with Crippen molar-refractivity contribution >= 4 is 41.8 Å². The molecule has 0 aliphatic rings. The summed E-state index contributed by atoms with van der Waals surface area (Å²) in [5, 5.41) is 24.8. The van der Waals surface area contributed by atoms with Crippen molar-refractivity contribution in [2.24, 2.45) is 0 Å². The van der Waals surface area contributed by atoms with Crippen molar-refractivity contribution < 1.29 is 29.7 Å². The minimum absolute atomic E-state index is 0. The van der Waals surface area contributed by atoms with E-state index in [0.29, 0.717) is 0 Å². The van der Waals surface area contributed by atoms with Gasteiger partial charge in [-0.2, -0.15) is 0 Å². The quantitative estimate of drug-likeness (QED) is 0.494. The molecule has 3 N–H and O–H groups in total. The van der Waals surface area contributed by atoms with Gasteiger partial charge < -0.3 is 15.3 Å². The zero-order valence-corrected chi connectivity index (χ0v) is 9.99. The Balaban J connectivity index is 0. The van der Waals surface area contributed by atoms with Crippen LogP contribution in [-0.2, 0) is 14.4 Å². The first-order valence-electron chi connectivity index (χ1n) is 3.29. The first-order valence-corrected chi connectivity index (χ1v) is 3.29. The number of carboxylic acid groups (broad SMARTS) is 3. The Bertz CT molecular complexity index is 192. The van der Waals surface area contributed by atoms with E-state index in [0.717, 1.165) is 4.90 Å². The molecule has 0 aromatic carbocycles. The molecule has 0 rings (SSSR count). The Kier molecular flexibility index (Phi) is 8.44. The predicted molar refractivity (Wildman–Crippen MR) is 45.1 cm³/mol. The molecule has 0 spiro atoms. The van der Waals surface area contributed by atoms with Gasteiger partial charge in [-0.15, -0.1) is 0 Å². The number of nitrogens with zero attached hydrogens (tertiary/aromatic N) is 1. The molecule has 0 saturated heterocycles. The number of carbonyl (C=O) groups is 3. The van der Waals surface area contributed by atoms with Crippen molar-refractivity contribution in [3.8, 4) is 0 Å². The molecule has 4 radical (unpaired) electrons. The third-order valence-electron chi connectivity index (χ3n) is 1.08. The van der Waals surface area contributed by atoms with Crippen LogP contribution in [0.1, 0.15) is 0 Å². The van der Waals surface area contributed by atoms with Gasteiger partial charge in [0.25, 0.3) is 0 Å². The Hall–Kier alpha value is -0.831. The molecule has 78 valence electrons. The molecule has 0 aromatic rings. The molecule has 14 heavy (non-hydrogen) atoms. The van der Waals surface area contributed by atoms with E-state index in [2.05, 4.69) is 0 Å². The molecular formula is C6H9NO6Sn. The minimum atomic E-state index is -1.26. The Morgan fingerprint density at radius 2 is 1.00 bits per heavy atom. The second-order valence-electron chi connectivity index (χ2n) is 2.33. The van der Waals surface area contributed by atoms with E-state index in [9.17, 15) is 14.4 Å². The number of hydrogen-bond donors (Lipinski definition) is 3. The average molecular weight is 310 g/mol. The number of rotatable bonds is 6. The van der Waals surface area contributed by atoms with Crippen molar-refractivity contribution in [1.29, 1.82) is 0 Å². The molecule has 0 unspecified atom stereocenters. The van der Waals surface area contributed by atoms with Gasteiger partial charge in [0.2, 0.25) is 0 Å². The SMILES string of the molecule is O=C(O)CN(CC(=O)O)CC(=O)O.[Sn]. The minimum Gasteiger partial charge on any atom is -0.480 e. The van der Waals surface area contributed by atoms with E-state index in [1.165, 1.54) is 0 Å². The summed E-state index contributed by atoms with van der Waals surface area (Å²) in [5.41, 5.74) is 0. The van der Waals surface area contributed by atoms with Crippen molar-refractivity contribution in [3.63, 3.8) is 0 Å². The van der Waals surface area contributed by atoms with E-state index in [1.54, 1.807) is 0 Å².